The summed E-state index contributed by atoms with van der Waals surface area (Å²) in [4.78, 5) is 0. The molecule has 0 aromatic heterocycles. The van der Waals surface area contributed by atoms with E-state index in [0.717, 1.165) is 12.8 Å². The molecule has 2 N–H and O–H groups in total. The van der Waals surface area contributed by atoms with Crippen LogP contribution in [0.15, 0.2) is 0 Å². The molecule has 1 rings (SSSR count). The molecule has 1 fully saturated rings. The summed E-state index contributed by atoms with van der Waals surface area (Å²) in [5.41, 5.74) is -0.634. The molecule has 0 unspecified atom stereocenters. The van der Waals surface area contributed by atoms with Crippen molar-refractivity contribution in [2.75, 3.05) is 0 Å². The van der Waals surface area contributed by atoms with Crippen LogP contribution in [0.25, 0.3) is 0 Å². The third-order valence-electron chi connectivity index (χ3n) is 3.02. The highest BCUT2D eigenvalue weighted by Gasteiger charge is 2.36. The van der Waals surface area contributed by atoms with Crippen LogP contribution in [0.4, 0.5) is 0 Å². The molecule has 0 aliphatic heterocycles. The summed E-state index contributed by atoms with van der Waals surface area (Å²) in [5, 5.41) is 19.4. The van der Waals surface area contributed by atoms with Gasteiger partial charge in [-0.2, -0.15) is 0 Å². The lowest BCUT2D eigenvalue weighted by Gasteiger charge is -2.38. The zero-order valence-corrected chi connectivity index (χ0v) is 8.25. The monoisotopic (exact) mass is 172 g/mol. The molecule has 0 aromatic carbocycles. The molecule has 0 amide bonds. The van der Waals surface area contributed by atoms with Gasteiger partial charge in [0.25, 0.3) is 0 Å². The van der Waals surface area contributed by atoms with E-state index in [1.807, 2.05) is 6.92 Å². The van der Waals surface area contributed by atoms with Crippen molar-refractivity contribution in [3.63, 3.8) is 0 Å². The van der Waals surface area contributed by atoms with Crippen LogP contribution in [-0.4, -0.2) is 21.9 Å². The van der Waals surface area contributed by atoms with Crippen molar-refractivity contribution in [2.45, 2.75) is 51.7 Å². The Hall–Kier alpha value is -0.0800. The Kier molecular flexibility index (Phi) is 2.79. The highest BCUT2D eigenvalue weighted by atomic mass is 16.3. The first-order valence-electron chi connectivity index (χ1n) is 4.83. The Bertz CT molecular complexity index is 152. The fourth-order valence-electron chi connectivity index (χ4n) is 2.15. The standard InChI is InChI=1S/C10H20O2/c1-7(2)8-4-5-10(3,12)6-9(8)11/h7-9,11-12H,4-6H2,1-3H3/t8-,9+,10+/m0/s1. The molecule has 1 aliphatic rings. The van der Waals surface area contributed by atoms with Crippen LogP contribution in [-0.2, 0) is 0 Å². The molecule has 0 aromatic rings. The van der Waals surface area contributed by atoms with Crippen molar-refractivity contribution in [1.29, 1.82) is 0 Å². The summed E-state index contributed by atoms with van der Waals surface area (Å²) in [6, 6.07) is 0. The number of aliphatic hydroxyl groups excluding tert-OH is 1. The summed E-state index contributed by atoms with van der Waals surface area (Å²) in [7, 11) is 0. The summed E-state index contributed by atoms with van der Waals surface area (Å²) < 4.78 is 0. The van der Waals surface area contributed by atoms with E-state index in [1.54, 1.807) is 0 Å². The Morgan fingerprint density at radius 2 is 2.00 bits per heavy atom. The van der Waals surface area contributed by atoms with Gasteiger partial charge in [-0.1, -0.05) is 13.8 Å². The zero-order valence-electron chi connectivity index (χ0n) is 8.25. The Labute approximate surface area is 74.6 Å². The maximum Gasteiger partial charge on any atom is 0.0644 e. The van der Waals surface area contributed by atoms with Crippen LogP contribution in [0.2, 0.25) is 0 Å². The lowest BCUT2D eigenvalue weighted by atomic mass is 9.73. The second kappa shape index (κ2) is 3.35. The predicted octanol–water partition coefficient (Wildman–Crippen LogP) is 1.55. The highest BCUT2D eigenvalue weighted by molar-refractivity contribution is 4.88. The number of hydrogen-bond acceptors (Lipinski definition) is 2. The van der Waals surface area contributed by atoms with E-state index in [-0.39, 0.29) is 6.10 Å². The average Bonchev–Trinajstić information content (AvgIpc) is 1.83. The topological polar surface area (TPSA) is 40.5 Å². The van der Waals surface area contributed by atoms with E-state index in [4.69, 9.17) is 0 Å². The van der Waals surface area contributed by atoms with Crippen molar-refractivity contribution >= 4 is 0 Å². The summed E-state index contributed by atoms with van der Waals surface area (Å²) >= 11 is 0. The van der Waals surface area contributed by atoms with Gasteiger partial charge in [-0.15, -0.1) is 0 Å². The second-order valence-corrected chi connectivity index (χ2v) is 4.71. The summed E-state index contributed by atoms with van der Waals surface area (Å²) in [6.07, 6.45) is 2.00. The molecular weight excluding hydrogens is 152 g/mol. The molecule has 0 radical (unpaired) electrons. The Morgan fingerprint density at radius 1 is 1.42 bits per heavy atom. The van der Waals surface area contributed by atoms with Gasteiger partial charge in [0.2, 0.25) is 0 Å². The third-order valence-corrected chi connectivity index (χ3v) is 3.02. The Morgan fingerprint density at radius 3 is 2.42 bits per heavy atom. The smallest absolute Gasteiger partial charge is 0.0644 e. The van der Waals surface area contributed by atoms with Crippen LogP contribution in [0.3, 0.4) is 0 Å². The van der Waals surface area contributed by atoms with E-state index in [9.17, 15) is 10.2 Å². The summed E-state index contributed by atoms with van der Waals surface area (Å²) in [5.74, 6) is 0.904. The molecule has 0 heterocycles. The van der Waals surface area contributed by atoms with Gasteiger partial charge in [0.05, 0.1) is 11.7 Å². The van der Waals surface area contributed by atoms with Crippen LogP contribution in [0, 0.1) is 11.8 Å². The van der Waals surface area contributed by atoms with Gasteiger partial charge in [-0.3, -0.25) is 0 Å². The minimum atomic E-state index is -0.634. The maximum atomic E-state index is 9.71. The van der Waals surface area contributed by atoms with E-state index < -0.39 is 5.60 Å². The van der Waals surface area contributed by atoms with Crippen molar-refractivity contribution in [3.05, 3.63) is 0 Å². The van der Waals surface area contributed by atoms with E-state index >= 15 is 0 Å². The SMILES string of the molecule is CC(C)[C@@H]1CC[C@@](C)(O)C[C@H]1O. The normalized spacial score (nSPS) is 43.5. The van der Waals surface area contributed by atoms with Gasteiger partial charge in [-0.25, -0.2) is 0 Å². The van der Waals surface area contributed by atoms with Crippen molar-refractivity contribution < 1.29 is 10.2 Å². The van der Waals surface area contributed by atoms with Gasteiger partial charge in [0.15, 0.2) is 0 Å². The molecule has 1 aliphatic carbocycles. The van der Waals surface area contributed by atoms with E-state index in [2.05, 4.69) is 13.8 Å². The van der Waals surface area contributed by atoms with Crippen LogP contribution < -0.4 is 0 Å². The molecule has 2 heteroatoms. The molecule has 1 saturated carbocycles. The van der Waals surface area contributed by atoms with Crippen LogP contribution in [0.1, 0.15) is 40.0 Å². The Balaban J connectivity index is 2.54. The first kappa shape index (κ1) is 10.0. The molecule has 2 nitrogen and oxygen atoms in total. The fraction of sp³-hybridized carbons (Fsp3) is 1.00. The minimum absolute atomic E-state index is 0.311. The third kappa shape index (κ3) is 2.20. The van der Waals surface area contributed by atoms with Gasteiger partial charge in [0, 0.05) is 6.42 Å². The predicted molar refractivity (Wildman–Crippen MR) is 48.8 cm³/mol. The van der Waals surface area contributed by atoms with Crippen LogP contribution >= 0.6 is 0 Å². The first-order valence-corrected chi connectivity index (χ1v) is 4.83. The highest BCUT2D eigenvalue weighted by Crippen LogP contribution is 2.35. The zero-order chi connectivity index (χ0) is 9.35. The number of hydrogen-bond donors (Lipinski definition) is 2. The first-order chi connectivity index (χ1) is 5.42. The lowest BCUT2D eigenvalue weighted by Crippen LogP contribution is -2.41. The number of aliphatic hydroxyl groups is 2. The van der Waals surface area contributed by atoms with Gasteiger partial charge in [-0.05, 0) is 31.6 Å². The number of rotatable bonds is 1. The van der Waals surface area contributed by atoms with Crippen molar-refractivity contribution in [2.24, 2.45) is 11.8 Å². The van der Waals surface area contributed by atoms with Crippen molar-refractivity contribution in [3.8, 4) is 0 Å². The van der Waals surface area contributed by atoms with E-state index in [1.165, 1.54) is 0 Å². The van der Waals surface area contributed by atoms with Gasteiger partial charge < -0.3 is 10.2 Å². The van der Waals surface area contributed by atoms with E-state index in [0.29, 0.717) is 18.3 Å². The fourth-order valence-corrected chi connectivity index (χ4v) is 2.15. The molecule has 72 valence electrons. The minimum Gasteiger partial charge on any atom is -0.393 e. The van der Waals surface area contributed by atoms with Crippen molar-refractivity contribution in [1.82, 2.24) is 0 Å². The molecule has 12 heavy (non-hydrogen) atoms. The van der Waals surface area contributed by atoms with Gasteiger partial charge in [0.1, 0.15) is 0 Å². The molecule has 0 spiro atoms. The largest absolute Gasteiger partial charge is 0.393 e. The average molecular weight is 172 g/mol. The summed E-state index contributed by atoms with van der Waals surface area (Å²) in [6.45, 7) is 6.08. The lowest BCUT2D eigenvalue weighted by molar-refractivity contribution is -0.0683. The molecule has 0 bridgehead atoms. The van der Waals surface area contributed by atoms with Crippen LogP contribution in [0.5, 0.6) is 0 Å². The van der Waals surface area contributed by atoms with Gasteiger partial charge >= 0.3 is 0 Å². The quantitative estimate of drug-likeness (QED) is 0.630. The maximum absolute atomic E-state index is 9.71. The second-order valence-electron chi connectivity index (χ2n) is 4.71. The molecular formula is C10H20O2. The molecule has 0 saturated heterocycles. The molecule has 3 atom stereocenters.